The Balaban J connectivity index is 2.82. The summed E-state index contributed by atoms with van der Waals surface area (Å²) in [5.74, 6) is -0.900. The van der Waals surface area contributed by atoms with Crippen molar-refractivity contribution < 1.29 is 26.5 Å². The van der Waals surface area contributed by atoms with Crippen LogP contribution in [0.1, 0.15) is 10.4 Å². The second kappa shape index (κ2) is 5.97. The highest BCUT2D eigenvalue weighted by molar-refractivity contribution is 14.1. The lowest BCUT2D eigenvalue weighted by atomic mass is 10.2. The fourth-order valence-corrected chi connectivity index (χ4v) is 2.90. The predicted molar refractivity (Wildman–Crippen MR) is 73.8 cm³/mol. The van der Waals surface area contributed by atoms with Crippen LogP contribution in [0, 0.1) is 3.57 Å². The molecule has 1 rings (SSSR count). The lowest BCUT2D eigenvalue weighted by Gasteiger charge is -2.20. The predicted octanol–water partition coefficient (Wildman–Crippen LogP) is 1.92. The van der Waals surface area contributed by atoms with Crippen LogP contribution in [0.3, 0.4) is 0 Å². The number of halogens is 4. The molecular weight excluding hydrogens is 463 g/mol. The van der Waals surface area contributed by atoms with Crippen molar-refractivity contribution >= 4 is 54.5 Å². The van der Waals surface area contributed by atoms with Crippen molar-refractivity contribution in [3.63, 3.8) is 0 Å². The largest absolute Gasteiger partial charge is 0.743 e. The van der Waals surface area contributed by atoms with E-state index in [9.17, 15) is 26.5 Å². The average Bonchev–Trinajstić information content (AvgIpc) is 2.23. The van der Waals surface area contributed by atoms with Crippen molar-refractivity contribution in [3.05, 3.63) is 31.8 Å². The molecule has 1 N–H and O–H groups in total. The van der Waals surface area contributed by atoms with Gasteiger partial charge in [0.1, 0.15) is 0 Å². The third-order valence-electron chi connectivity index (χ3n) is 1.95. The summed E-state index contributed by atoms with van der Waals surface area (Å²) in [5.41, 5.74) is 0.0675. The molecule has 0 radical (unpaired) electrons. The van der Waals surface area contributed by atoms with Gasteiger partial charge in [0.25, 0.3) is 5.91 Å². The van der Waals surface area contributed by atoms with E-state index >= 15 is 0 Å². The monoisotopic (exact) mass is 468 g/mol. The SMILES string of the molecule is O=C(NCC(F)(F)S(=O)(=O)[O-])c1cc(Br)cc(I)c1. The van der Waals surface area contributed by atoms with Crippen LogP contribution < -0.4 is 5.32 Å². The molecule has 10 heteroatoms. The van der Waals surface area contributed by atoms with Gasteiger partial charge in [-0.3, -0.25) is 4.79 Å². The molecule has 0 spiro atoms. The van der Waals surface area contributed by atoms with Crippen molar-refractivity contribution in [1.82, 2.24) is 5.32 Å². The van der Waals surface area contributed by atoms with Gasteiger partial charge < -0.3 is 9.87 Å². The number of alkyl halides is 2. The van der Waals surface area contributed by atoms with Crippen LogP contribution >= 0.6 is 38.5 Å². The normalized spacial score (nSPS) is 12.3. The van der Waals surface area contributed by atoms with E-state index in [2.05, 4.69) is 15.9 Å². The first-order valence-corrected chi connectivity index (χ1v) is 7.88. The Morgan fingerprint density at radius 3 is 2.47 bits per heavy atom. The molecule has 0 aliphatic carbocycles. The van der Waals surface area contributed by atoms with Crippen LogP contribution in [0.2, 0.25) is 0 Å². The van der Waals surface area contributed by atoms with Crippen molar-refractivity contribution in [2.24, 2.45) is 0 Å². The van der Waals surface area contributed by atoms with Crippen molar-refractivity contribution in [2.75, 3.05) is 6.54 Å². The van der Waals surface area contributed by atoms with Crippen LogP contribution in [0.4, 0.5) is 8.78 Å². The number of amides is 1. The summed E-state index contributed by atoms with van der Waals surface area (Å²) in [6, 6.07) is 4.49. The molecule has 0 fully saturated rings. The number of benzene rings is 1. The van der Waals surface area contributed by atoms with E-state index in [-0.39, 0.29) is 5.56 Å². The third kappa shape index (κ3) is 4.61. The smallest absolute Gasteiger partial charge is 0.351 e. The maximum atomic E-state index is 12.8. The van der Waals surface area contributed by atoms with Gasteiger partial charge in [0, 0.05) is 13.6 Å². The molecule has 0 bridgehead atoms. The first-order valence-electron chi connectivity index (χ1n) is 4.60. The van der Waals surface area contributed by atoms with E-state index in [4.69, 9.17) is 0 Å². The molecule has 0 heterocycles. The summed E-state index contributed by atoms with van der Waals surface area (Å²) >= 11 is 5.04. The van der Waals surface area contributed by atoms with Crippen LogP contribution in [0.15, 0.2) is 22.7 Å². The van der Waals surface area contributed by atoms with Gasteiger partial charge in [-0.25, -0.2) is 8.42 Å². The zero-order valence-electron chi connectivity index (χ0n) is 8.99. The highest BCUT2D eigenvalue weighted by atomic mass is 127. The number of carbonyl (C=O) groups is 1. The lowest BCUT2D eigenvalue weighted by Crippen LogP contribution is -2.42. The van der Waals surface area contributed by atoms with Gasteiger partial charge in [-0.15, -0.1) is 0 Å². The Morgan fingerprint density at radius 2 is 2.00 bits per heavy atom. The minimum absolute atomic E-state index is 0.0675. The van der Waals surface area contributed by atoms with Crippen LogP contribution in [-0.4, -0.2) is 30.7 Å². The maximum Gasteiger partial charge on any atom is 0.351 e. The molecule has 1 amide bonds. The van der Waals surface area contributed by atoms with Gasteiger partial charge in [0.05, 0.1) is 6.54 Å². The van der Waals surface area contributed by atoms with Crippen LogP contribution in [0.5, 0.6) is 0 Å². The van der Waals surface area contributed by atoms with E-state index in [1.165, 1.54) is 12.1 Å². The minimum Gasteiger partial charge on any atom is -0.743 e. The number of carbonyl (C=O) groups excluding carboxylic acids is 1. The molecule has 0 saturated heterocycles. The Bertz CT molecular complexity index is 588. The maximum absolute atomic E-state index is 12.8. The first-order chi connectivity index (χ1) is 8.53. The van der Waals surface area contributed by atoms with Crippen molar-refractivity contribution in [1.29, 1.82) is 0 Å². The number of rotatable bonds is 4. The fourth-order valence-electron chi connectivity index (χ4n) is 1.06. The molecule has 0 saturated carbocycles. The quantitative estimate of drug-likeness (QED) is 0.540. The third-order valence-corrected chi connectivity index (χ3v) is 3.90. The summed E-state index contributed by atoms with van der Waals surface area (Å²) in [5, 5.41) is -2.83. The van der Waals surface area contributed by atoms with Gasteiger partial charge in [-0.05, 0) is 40.8 Å². The van der Waals surface area contributed by atoms with E-state index in [1.54, 1.807) is 11.4 Å². The van der Waals surface area contributed by atoms with Crippen molar-refractivity contribution in [3.8, 4) is 0 Å². The summed E-state index contributed by atoms with van der Waals surface area (Å²) < 4.78 is 57.7. The Labute approximate surface area is 129 Å². The second-order valence-corrected chi connectivity index (χ2v) is 7.10. The highest BCUT2D eigenvalue weighted by Crippen LogP contribution is 2.20. The molecule has 0 aliphatic heterocycles. The summed E-state index contributed by atoms with van der Waals surface area (Å²) in [6.45, 7) is -1.57. The van der Waals surface area contributed by atoms with Crippen molar-refractivity contribution in [2.45, 2.75) is 5.25 Å². The molecule has 0 unspecified atom stereocenters. The minimum atomic E-state index is -5.81. The zero-order chi connectivity index (χ0) is 14.8. The Hall–Kier alpha value is -0.330. The van der Waals surface area contributed by atoms with E-state index < -0.39 is 27.8 Å². The molecule has 19 heavy (non-hydrogen) atoms. The average molecular weight is 469 g/mol. The molecule has 0 atom stereocenters. The molecular formula is C9H6BrF2INO4S-. The Kier molecular flexibility index (Phi) is 5.26. The van der Waals surface area contributed by atoms with Gasteiger partial charge in [0.2, 0.25) is 0 Å². The van der Waals surface area contributed by atoms with Crippen LogP contribution in [-0.2, 0) is 10.1 Å². The number of hydrogen-bond acceptors (Lipinski definition) is 4. The van der Waals surface area contributed by atoms with E-state index in [0.29, 0.717) is 8.04 Å². The molecule has 0 aliphatic rings. The highest BCUT2D eigenvalue weighted by Gasteiger charge is 2.37. The second-order valence-electron chi connectivity index (χ2n) is 3.43. The topological polar surface area (TPSA) is 86.3 Å². The standard InChI is InChI=1S/C9H7BrF2INO4S/c10-6-1-5(2-7(13)3-6)8(15)14-4-9(11,12)19(16,17)18/h1-3H,4H2,(H,14,15)(H,16,17,18)/p-1. The van der Waals surface area contributed by atoms with Gasteiger partial charge in [-0.1, -0.05) is 15.9 Å². The summed E-state index contributed by atoms with van der Waals surface area (Å²) in [4.78, 5) is 11.6. The molecule has 106 valence electrons. The molecule has 1 aromatic rings. The summed E-state index contributed by atoms with van der Waals surface area (Å²) in [7, 11) is -5.81. The van der Waals surface area contributed by atoms with Gasteiger partial charge in [-0.2, -0.15) is 8.78 Å². The summed E-state index contributed by atoms with van der Waals surface area (Å²) in [6.07, 6.45) is 0. The Morgan fingerprint density at radius 1 is 1.42 bits per heavy atom. The van der Waals surface area contributed by atoms with E-state index in [1.807, 2.05) is 22.6 Å². The molecule has 0 aromatic heterocycles. The lowest BCUT2D eigenvalue weighted by molar-refractivity contribution is 0.0692. The van der Waals surface area contributed by atoms with Gasteiger partial charge >= 0.3 is 5.25 Å². The van der Waals surface area contributed by atoms with Gasteiger partial charge in [0.15, 0.2) is 10.1 Å². The number of nitrogens with one attached hydrogen (secondary N) is 1. The first kappa shape index (κ1) is 16.7. The zero-order valence-corrected chi connectivity index (χ0v) is 13.6. The fraction of sp³-hybridized carbons (Fsp3) is 0.222. The number of hydrogen-bond donors (Lipinski definition) is 1. The van der Waals surface area contributed by atoms with Crippen LogP contribution in [0.25, 0.3) is 0 Å². The van der Waals surface area contributed by atoms with E-state index in [0.717, 1.165) is 0 Å². The molecule has 1 aromatic carbocycles. The molecule has 5 nitrogen and oxygen atoms in total.